The van der Waals surface area contributed by atoms with Crippen molar-refractivity contribution >= 4 is 5.91 Å². The van der Waals surface area contributed by atoms with Crippen LogP contribution in [0.5, 0.6) is 0 Å². The number of aliphatic hydroxyl groups is 1. The van der Waals surface area contributed by atoms with Crippen LogP contribution in [0.25, 0.3) is 0 Å². The quantitative estimate of drug-likeness (QED) is 0.748. The minimum Gasteiger partial charge on any atom is -0.378 e. The van der Waals surface area contributed by atoms with Gasteiger partial charge in [-0.05, 0) is 18.9 Å². The molecule has 0 aliphatic rings. The molecule has 0 spiro atoms. The molecule has 1 amide bonds. The number of hydrogen-bond acceptors (Lipinski definition) is 2. The fourth-order valence-corrected chi connectivity index (χ4v) is 1.96. The van der Waals surface area contributed by atoms with Gasteiger partial charge in [0, 0.05) is 6.04 Å². The van der Waals surface area contributed by atoms with Crippen LogP contribution in [0.15, 0.2) is 30.3 Å². The van der Waals surface area contributed by atoms with Crippen molar-refractivity contribution in [1.82, 2.24) is 5.32 Å². The number of nitrogens with zero attached hydrogens (tertiary/aromatic N) is 1. The van der Waals surface area contributed by atoms with E-state index in [9.17, 15) is 9.90 Å². The predicted octanol–water partition coefficient (Wildman–Crippen LogP) is 0.801. The average Bonchev–Trinajstić information content (AvgIpc) is 2.27. The van der Waals surface area contributed by atoms with E-state index in [0.29, 0.717) is 11.0 Å². The highest BCUT2D eigenvalue weighted by atomic mass is 16.3. The number of amides is 1. The van der Waals surface area contributed by atoms with Crippen LogP contribution in [0.2, 0.25) is 0 Å². The summed E-state index contributed by atoms with van der Waals surface area (Å²) in [7, 11) is 5.84. The Kier molecular flexibility index (Phi) is 5.51. The number of benzene rings is 1. The van der Waals surface area contributed by atoms with Crippen LogP contribution in [0.4, 0.5) is 0 Å². The number of likely N-dealkylation sites (N-methyl/N-ethyl adjacent to an activating group) is 1. The molecule has 0 bridgehead atoms. The Morgan fingerprint density at radius 2 is 1.84 bits per heavy atom. The molecular formula is C15H25N2O2+. The lowest BCUT2D eigenvalue weighted by Gasteiger charge is -2.26. The van der Waals surface area contributed by atoms with Gasteiger partial charge in [-0.3, -0.25) is 4.79 Å². The molecule has 0 fully saturated rings. The maximum atomic E-state index is 11.9. The summed E-state index contributed by atoms with van der Waals surface area (Å²) in [6.45, 7) is 2.35. The van der Waals surface area contributed by atoms with Crippen molar-refractivity contribution < 1.29 is 14.4 Å². The molecule has 0 aromatic heterocycles. The SMILES string of the molecule is CC(Cc1ccccc1)NC(=O)C(O)C[N+](C)(C)C. The van der Waals surface area contributed by atoms with Crippen molar-refractivity contribution in [2.45, 2.75) is 25.5 Å². The molecule has 0 aliphatic heterocycles. The normalized spacial score (nSPS) is 14.8. The van der Waals surface area contributed by atoms with Crippen LogP contribution in [0, 0.1) is 0 Å². The predicted molar refractivity (Wildman–Crippen MR) is 76.7 cm³/mol. The molecule has 0 heterocycles. The Bertz CT molecular complexity index is 398. The molecule has 2 atom stereocenters. The Morgan fingerprint density at radius 3 is 2.37 bits per heavy atom. The lowest BCUT2D eigenvalue weighted by molar-refractivity contribution is -0.872. The molecule has 2 unspecified atom stereocenters. The van der Waals surface area contributed by atoms with Gasteiger partial charge in [-0.2, -0.15) is 0 Å². The molecule has 1 aromatic carbocycles. The van der Waals surface area contributed by atoms with Crippen LogP contribution in [-0.2, 0) is 11.2 Å². The number of carbonyl (C=O) groups is 1. The molecule has 19 heavy (non-hydrogen) atoms. The minimum absolute atomic E-state index is 0.0111. The van der Waals surface area contributed by atoms with E-state index >= 15 is 0 Å². The molecular weight excluding hydrogens is 240 g/mol. The average molecular weight is 265 g/mol. The van der Waals surface area contributed by atoms with E-state index in [4.69, 9.17) is 0 Å². The first-order valence-corrected chi connectivity index (χ1v) is 6.61. The zero-order valence-corrected chi connectivity index (χ0v) is 12.3. The van der Waals surface area contributed by atoms with Gasteiger partial charge in [-0.25, -0.2) is 0 Å². The summed E-state index contributed by atoms with van der Waals surface area (Å²) < 4.78 is 0.557. The zero-order chi connectivity index (χ0) is 14.5. The molecule has 0 radical (unpaired) electrons. The Labute approximate surface area is 115 Å². The van der Waals surface area contributed by atoms with Crippen molar-refractivity contribution in [2.75, 3.05) is 27.7 Å². The van der Waals surface area contributed by atoms with Crippen molar-refractivity contribution in [1.29, 1.82) is 0 Å². The summed E-state index contributed by atoms with van der Waals surface area (Å²) in [5, 5.41) is 12.7. The van der Waals surface area contributed by atoms with Gasteiger partial charge >= 0.3 is 0 Å². The first-order chi connectivity index (χ1) is 8.78. The number of nitrogens with one attached hydrogen (secondary N) is 1. The molecule has 0 saturated heterocycles. The zero-order valence-electron chi connectivity index (χ0n) is 12.3. The highest BCUT2D eigenvalue weighted by molar-refractivity contribution is 5.80. The standard InChI is InChI=1S/C15H24N2O2/c1-12(10-13-8-6-5-7-9-13)16-15(19)14(18)11-17(2,3)4/h5-9,12,14,18H,10-11H2,1-4H3/p+1. The lowest BCUT2D eigenvalue weighted by Crippen LogP contribution is -2.49. The minimum atomic E-state index is -0.960. The maximum absolute atomic E-state index is 11.9. The summed E-state index contributed by atoms with van der Waals surface area (Å²) in [6, 6.07) is 10.0. The topological polar surface area (TPSA) is 49.3 Å². The first kappa shape index (κ1) is 15.7. The molecule has 4 nitrogen and oxygen atoms in total. The molecule has 1 aromatic rings. The second kappa shape index (κ2) is 6.68. The summed E-state index contributed by atoms with van der Waals surface area (Å²) in [5.74, 6) is -0.295. The van der Waals surface area contributed by atoms with Gasteiger partial charge in [0.25, 0.3) is 5.91 Å². The fourth-order valence-electron chi connectivity index (χ4n) is 1.96. The summed E-state index contributed by atoms with van der Waals surface area (Å²) in [5.41, 5.74) is 1.18. The van der Waals surface area contributed by atoms with Crippen LogP contribution in [0.3, 0.4) is 0 Å². The van der Waals surface area contributed by atoms with Crippen LogP contribution in [-0.4, -0.2) is 55.3 Å². The number of hydrogen-bond donors (Lipinski definition) is 2. The van der Waals surface area contributed by atoms with Gasteiger partial charge in [-0.15, -0.1) is 0 Å². The third kappa shape index (κ3) is 6.36. The van der Waals surface area contributed by atoms with Crippen LogP contribution in [0.1, 0.15) is 12.5 Å². The van der Waals surface area contributed by atoms with Crippen molar-refractivity contribution in [3.05, 3.63) is 35.9 Å². The summed E-state index contributed by atoms with van der Waals surface area (Å²) >= 11 is 0. The third-order valence-electron chi connectivity index (χ3n) is 2.80. The number of carbonyl (C=O) groups excluding carboxylic acids is 1. The van der Waals surface area contributed by atoms with Gasteiger partial charge in [0.05, 0.1) is 21.1 Å². The van der Waals surface area contributed by atoms with Gasteiger partial charge in [0.2, 0.25) is 0 Å². The van der Waals surface area contributed by atoms with Crippen LogP contribution < -0.4 is 5.32 Å². The second-order valence-corrected chi connectivity index (χ2v) is 6.09. The molecule has 106 valence electrons. The lowest BCUT2D eigenvalue weighted by atomic mass is 10.1. The highest BCUT2D eigenvalue weighted by Gasteiger charge is 2.23. The molecule has 0 aliphatic carbocycles. The Morgan fingerprint density at radius 1 is 1.26 bits per heavy atom. The maximum Gasteiger partial charge on any atom is 0.254 e. The van der Waals surface area contributed by atoms with Crippen LogP contribution >= 0.6 is 0 Å². The molecule has 4 heteroatoms. The van der Waals surface area contributed by atoms with Crippen molar-refractivity contribution in [2.24, 2.45) is 0 Å². The molecule has 1 rings (SSSR count). The van der Waals surface area contributed by atoms with Gasteiger partial charge < -0.3 is 14.9 Å². The van der Waals surface area contributed by atoms with Crippen molar-refractivity contribution in [3.63, 3.8) is 0 Å². The molecule has 2 N–H and O–H groups in total. The van der Waals surface area contributed by atoms with E-state index in [1.807, 2.05) is 58.4 Å². The van der Waals surface area contributed by atoms with E-state index < -0.39 is 6.10 Å². The highest BCUT2D eigenvalue weighted by Crippen LogP contribution is 2.03. The third-order valence-corrected chi connectivity index (χ3v) is 2.80. The van der Waals surface area contributed by atoms with E-state index in [-0.39, 0.29) is 11.9 Å². The largest absolute Gasteiger partial charge is 0.378 e. The smallest absolute Gasteiger partial charge is 0.254 e. The second-order valence-electron chi connectivity index (χ2n) is 6.09. The fraction of sp³-hybridized carbons (Fsp3) is 0.533. The van der Waals surface area contributed by atoms with E-state index in [0.717, 1.165) is 6.42 Å². The van der Waals surface area contributed by atoms with E-state index in [1.165, 1.54) is 5.56 Å². The Hall–Kier alpha value is -1.39. The van der Waals surface area contributed by atoms with Gasteiger partial charge in [-0.1, -0.05) is 30.3 Å². The van der Waals surface area contributed by atoms with E-state index in [1.54, 1.807) is 0 Å². The number of aliphatic hydroxyl groups excluding tert-OH is 1. The van der Waals surface area contributed by atoms with Gasteiger partial charge in [0.15, 0.2) is 6.10 Å². The first-order valence-electron chi connectivity index (χ1n) is 6.61. The molecule has 0 saturated carbocycles. The van der Waals surface area contributed by atoms with Gasteiger partial charge in [0.1, 0.15) is 6.54 Å². The summed E-state index contributed by atoms with van der Waals surface area (Å²) in [4.78, 5) is 11.9. The number of quaternary nitrogens is 1. The Balaban J connectivity index is 2.44. The number of rotatable bonds is 6. The van der Waals surface area contributed by atoms with E-state index in [2.05, 4.69) is 5.32 Å². The summed E-state index contributed by atoms with van der Waals surface area (Å²) in [6.07, 6.45) is -0.192. The van der Waals surface area contributed by atoms with Crippen molar-refractivity contribution in [3.8, 4) is 0 Å². The monoisotopic (exact) mass is 265 g/mol.